The highest BCUT2D eigenvalue weighted by atomic mass is 79.9. The Morgan fingerprint density at radius 3 is 2.51 bits per heavy atom. The van der Waals surface area contributed by atoms with Gasteiger partial charge in [-0.15, -0.1) is 0 Å². The van der Waals surface area contributed by atoms with E-state index in [1.165, 1.54) is 12.8 Å². The minimum atomic E-state index is -0.120. The normalized spacial score (nSPS) is 13.4. The molecule has 3 aromatic rings. The molecular formula is C28H32BrN3O3. The minimum absolute atomic E-state index is 0.120. The van der Waals surface area contributed by atoms with Crippen molar-refractivity contribution in [3.63, 3.8) is 0 Å². The number of benzene rings is 3. The molecule has 1 aliphatic heterocycles. The molecule has 0 bridgehead atoms. The van der Waals surface area contributed by atoms with Crippen molar-refractivity contribution in [3.8, 4) is 11.5 Å². The maximum absolute atomic E-state index is 13.3. The van der Waals surface area contributed by atoms with Gasteiger partial charge in [-0.3, -0.25) is 0 Å². The summed E-state index contributed by atoms with van der Waals surface area (Å²) in [5.41, 5.74) is 2.83. The summed E-state index contributed by atoms with van der Waals surface area (Å²) in [6, 6.07) is 23.4. The van der Waals surface area contributed by atoms with Crippen LogP contribution in [0.15, 0.2) is 77.3 Å². The fraction of sp³-hybridized carbons (Fsp3) is 0.321. The zero-order chi connectivity index (χ0) is 24.5. The molecule has 0 aromatic heterocycles. The first-order valence-corrected chi connectivity index (χ1v) is 12.8. The Balaban J connectivity index is 1.48. The second kappa shape index (κ2) is 12.6. The predicted octanol–water partition coefficient (Wildman–Crippen LogP) is 6.17. The Hall–Kier alpha value is -3.03. The van der Waals surface area contributed by atoms with Gasteiger partial charge in [-0.1, -0.05) is 58.4 Å². The number of methoxy groups -OCH3 is 1. The van der Waals surface area contributed by atoms with Crippen molar-refractivity contribution in [3.05, 3.63) is 88.4 Å². The van der Waals surface area contributed by atoms with Crippen molar-refractivity contribution in [2.24, 2.45) is 0 Å². The van der Waals surface area contributed by atoms with Crippen LogP contribution in [-0.2, 0) is 13.2 Å². The molecule has 0 unspecified atom stereocenters. The molecule has 1 saturated heterocycles. The summed E-state index contributed by atoms with van der Waals surface area (Å²) in [6.45, 7) is 4.62. The molecule has 0 radical (unpaired) electrons. The summed E-state index contributed by atoms with van der Waals surface area (Å²) in [7, 11) is 1.64. The van der Waals surface area contributed by atoms with Crippen molar-refractivity contribution in [1.82, 2.24) is 9.80 Å². The number of carbonyl (C=O) groups excluding carboxylic acids is 1. The minimum Gasteiger partial charge on any atom is -0.493 e. The van der Waals surface area contributed by atoms with Crippen LogP contribution in [0.3, 0.4) is 0 Å². The van der Waals surface area contributed by atoms with Crippen LogP contribution in [0.5, 0.6) is 11.5 Å². The highest BCUT2D eigenvalue weighted by molar-refractivity contribution is 9.10. The molecule has 1 aliphatic rings. The average Bonchev–Trinajstić information content (AvgIpc) is 3.39. The van der Waals surface area contributed by atoms with E-state index in [0.29, 0.717) is 31.2 Å². The molecule has 0 atom stereocenters. The smallest absolute Gasteiger partial charge is 0.322 e. The number of nitrogens with one attached hydrogen (secondary N) is 1. The Kier molecular flexibility index (Phi) is 9.03. The molecular weight excluding hydrogens is 506 g/mol. The van der Waals surface area contributed by atoms with Crippen LogP contribution < -0.4 is 14.8 Å². The Morgan fingerprint density at radius 2 is 1.77 bits per heavy atom. The lowest BCUT2D eigenvalue weighted by Crippen LogP contribution is -2.40. The van der Waals surface area contributed by atoms with Gasteiger partial charge in [-0.05, 0) is 67.4 Å². The van der Waals surface area contributed by atoms with E-state index in [4.69, 9.17) is 9.47 Å². The third-order valence-electron chi connectivity index (χ3n) is 6.09. The highest BCUT2D eigenvalue weighted by Gasteiger charge is 2.19. The largest absolute Gasteiger partial charge is 0.493 e. The van der Waals surface area contributed by atoms with Crippen molar-refractivity contribution >= 4 is 27.6 Å². The second-order valence-corrected chi connectivity index (χ2v) is 9.59. The number of ether oxygens (including phenoxy) is 2. The zero-order valence-corrected chi connectivity index (χ0v) is 21.7. The molecule has 7 heteroatoms. The van der Waals surface area contributed by atoms with Gasteiger partial charge in [0, 0.05) is 29.8 Å². The quantitative estimate of drug-likeness (QED) is 0.336. The first kappa shape index (κ1) is 25.1. The number of anilines is 1. The molecule has 1 N–H and O–H groups in total. The summed E-state index contributed by atoms with van der Waals surface area (Å²) in [6.07, 6.45) is 2.45. The maximum atomic E-state index is 13.3. The van der Waals surface area contributed by atoms with Gasteiger partial charge < -0.3 is 24.6 Å². The molecule has 0 aliphatic carbocycles. The molecule has 0 spiro atoms. The lowest BCUT2D eigenvalue weighted by Gasteiger charge is -2.26. The van der Waals surface area contributed by atoms with E-state index in [2.05, 4.69) is 26.1 Å². The number of nitrogens with zero attached hydrogens (tertiary/aromatic N) is 2. The third-order valence-corrected chi connectivity index (χ3v) is 6.58. The van der Waals surface area contributed by atoms with Crippen LogP contribution in [0, 0.1) is 0 Å². The number of halogens is 1. The van der Waals surface area contributed by atoms with Crippen LogP contribution in [0.2, 0.25) is 0 Å². The van der Waals surface area contributed by atoms with E-state index < -0.39 is 0 Å². The fourth-order valence-electron chi connectivity index (χ4n) is 4.18. The zero-order valence-electron chi connectivity index (χ0n) is 20.1. The summed E-state index contributed by atoms with van der Waals surface area (Å²) < 4.78 is 12.5. The molecule has 1 fully saturated rings. The lowest BCUT2D eigenvalue weighted by molar-refractivity contribution is 0.197. The molecule has 1 heterocycles. The number of urea groups is 1. The van der Waals surface area contributed by atoms with Gasteiger partial charge in [0.25, 0.3) is 0 Å². The number of carbonyl (C=O) groups is 1. The molecule has 4 rings (SSSR count). The van der Waals surface area contributed by atoms with Gasteiger partial charge in [0.1, 0.15) is 6.61 Å². The Labute approximate surface area is 216 Å². The number of amides is 2. The van der Waals surface area contributed by atoms with E-state index in [1.807, 2.05) is 77.7 Å². The third kappa shape index (κ3) is 7.47. The molecule has 2 amide bonds. The predicted molar refractivity (Wildman–Crippen MR) is 143 cm³/mol. The number of hydrogen-bond acceptors (Lipinski definition) is 4. The molecule has 184 valence electrons. The van der Waals surface area contributed by atoms with Gasteiger partial charge >= 0.3 is 6.03 Å². The van der Waals surface area contributed by atoms with Gasteiger partial charge in [0.15, 0.2) is 11.5 Å². The summed E-state index contributed by atoms with van der Waals surface area (Å²) in [5, 5.41) is 3.04. The van der Waals surface area contributed by atoms with Crippen LogP contribution in [-0.4, -0.2) is 49.1 Å². The van der Waals surface area contributed by atoms with Gasteiger partial charge in [-0.2, -0.15) is 0 Å². The fourth-order valence-corrected chi connectivity index (χ4v) is 4.58. The van der Waals surface area contributed by atoms with E-state index in [9.17, 15) is 4.79 Å². The molecule has 6 nitrogen and oxygen atoms in total. The Bertz CT molecular complexity index is 1100. The lowest BCUT2D eigenvalue weighted by atomic mass is 10.2. The molecule has 3 aromatic carbocycles. The van der Waals surface area contributed by atoms with Crippen LogP contribution in [0.25, 0.3) is 0 Å². The van der Waals surface area contributed by atoms with Gasteiger partial charge in [0.2, 0.25) is 0 Å². The summed E-state index contributed by atoms with van der Waals surface area (Å²) in [5.74, 6) is 1.34. The van der Waals surface area contributed by atoms with Gasteiger partial charge in [0.05, 0.1) is 7.11 Å². The summed E-state index contributed by atoms with van der Waals surface area (Å²) in [4.78, 5) is 17.6. The molecule has 35 heavy (non-hydrogen) atoms. The van der Waals surface area contributed by atoms with E-state index in [-0.39, 0.29) is 6.03 Å². The molecule has 0 saturated carbocycles. The monoisotopic (exact) mass is 537 g/mol. The second-order valence-electron chi connectivity index (χ2n) is 8.67. The van der Waals surface area contributed by atoms with Crippen molar-refractivity contribution in [1.29, 1.82) is 0 Å². The van der Waals surface area contributed by atoms with Crippen molar-refractivity contribution in [2.75, 3.05) is 38.6 Å². The first-order valence-electron chi connectivity index (χ1n) is 12.0. The van der Waals surface area contributed by atoms with E-state index in [1.54, 1.807) is 7.11 Å². The maximum Gasteiger partial charge on any atom is 0.322 e. The number of likely N-dealkylation sites (tertiary alicyclic amines) is 1. The number of hydrogen-bond donors (Lipinski definition) is 1. The van der Waals surface area contributed by atoms with E-state index >= 15 is 0 Å². The average molecular weight is 538 g/mol. The van der Waals surface area contributed by atoms with Crippen molar-refractivity contribution < 1.29 is 14.3 Å². The van der Waals surface area contributed by atoms with Crippen molar-refractivity contribution in [2.45, 2.75) is 26.0 Å². The Morgan fingerprint density at radius 1 is 0.971 bits per heavy atom. The van der Waals surface area contributed by atoms with Gasteiger partial charge in [-0.25, -0.2) is 4.79 Å². The van der Waals surface area contributed by atoms with Crippen LogP contribution in [0.1, 0.15) is 24.0 Å². The SMILES string of the molecule is COc1ccc(CN(CCN2CCCC2)C(=O)Nc2cccc(Br)c2)cc1OCc1ccccc1. The topological polar surface area (TPSA) is 54.0 Å². The van der Waals surface area contributed by atoms with Crippen LogP contribution >= 0.6 is 15.9 Å². The first-order chi connectivity index (χ1) is 17.1. The standard InChI is InChI=1S/C28H32BrN3O3/c1-34-26-13-12-23(18-27(26)35-21-22-8-3-2-4-9-22)20-32(17-16-31-14-5-6-15-31)28(33)30-25-11-7-10-24(29)19-25/h2-4,7-13,18-19H,5-6,14-17,20-21H2,1H3,(H,30,33). The van der Waals surface area contributed by atoms with Crippen LogP contribution in [0.4, 0.5) is 10.5 Å². The highest BCUT2D eigenvalue weighted by Crippen LogP contribution is 2.29. The number of rotatable bonds is 10. The van der Waals surface area contributed by atoms with E-state index in [0.717, 1.165) is 40.9 Å². The summed E-state index contributed by atoms with van der Waals surface area (Å²) >= 11 is 3.47.